The van der Waals surface area contributed by atoms with Crippen molar-refractivity contribution < 1.29 is 33.3 Å². The lowest BCUT2D eigenvalue weighted by molar-refractivity contribution is -0.384. The highest BCUT2D eigenvalue weighted by Crippen LogP contribution is 2.39. The fourth-order valence-electron chi connectivity index (χ4n) is 4.37. The van der Waals surface area contributed by atoms with E-state index < -0.39 is 11.2 Å². The number of nitrogens with zero attached hydrogens (tertiary/aromatic N) is 2. The summed E-state index contributed by atoms with van der Waals surface area (Å²) >= 11 is 0. The first-order valence-electron chi connectivity index (χ1n) is 11.6. The minimum Gasteiger partial charge on any atom is -0.493 e. The van der Waals surface area contributed by atoms with Crippen LogP contribution < -0.4 is 29.2 Å². The zero-order chi connectivity index (χ0) is 26.8. The van der Waals surface area contributed by atoms with Crippen molar-refractivity contribution >= 4 is 16.5 Å². The molecule has 2 heterocycles. The normalized spacial score (nSPS) is 12.8. The van der Waals surface area contributed by atoms with E-state index >= 15 is 0 Å². The van der Waals surface area contributed by atoms with E-state index in [1.165, 1.54) is 50.2 Å². The second-order valence-electron chi connectivity index (χ2n) is 8.29. The molecule has 4 aromatic rings. The van der Waals surface area contributed by atoms with Gasteiger partial charge >= 0.3 is 0 Å². The number of methoxy groups -OCH3 is 3. The van der Waals surface area contributed by atoms with Crippen molar-refractivity contribution in [2.75, 3.05) is 34.7 Å². The van der Waals surface area contributed by atoms with Gasteiger partial charge in [0.25, 0.3) is 11.2 Å². The van der Waals surface area contributed by atoms with Gasteiger partial charge in [-0.3, -0.25) is 19.5 Å². The molecule has 0 unspecified atom stereocenters. The number of hydrogen-bond donors (Lipinski definition) is 0. The summed E-state index contributed by atoms with van der Waals surface area (Å²) in [6.07, 6.45) is -0.876. The smallest absolute Gasteiger partial charge is 0.269 e. The average molecular weight is 520 g/mol. The Hall–Kier alpha value is -4.77. The number of rotatable bonds is 9. The molecule has 1 aliphatic rings. The van der Waals surface area contributed by atoms with Crippen molar-refractivity contribution in [2.24, 2.45) is 0 Å². The van der Waals surface area contributed by atoms with Gasteiger partial charge in [0.15, 0.2) is 29.2 Å². The molecule has 5 rings (SSSR count). The van der Waals surface area contributed by atoms with E-state index in [9.17, 15) is 14.9 Å². The number of non-ortho nitro benzene ring substituents is 1. The Morgan fingerprint density at radius 2 is 1.74 bits per heavy atom. The van der Waals surface area contributed by atoms with Gasteiger partial charge in [-0.05, 0) is 47.9 Å². The third-order valence-electron chi connectivity index (χ3n) is 6.23. The fourth-order valence-corrected chi connectivity index (χ4v) is 4.37. The number of nitro groups is 1. The van der Waals surface area contributed by atoms with Crippen molar-refractivity contribution in [1.29, 1.82) is 0 Å². The van der Waals surface area contributed by atoms with Gasteiger partial charge < -0.3 is 28.4 Å². The maximum Gasteiger partial charge on any atom is 0.269 e. The lowest BCUT2D eigenvalue weighted by atomic mass is 10.0. The molecule has 0 saturated carbocycles. The Bertz CT molecular complexity index is 1560. The van der Waals surface area contributed by atoms with Crippen LogP contribution in [0.1, 0.15) is 6.23 Å². The molecule has 0 bridgehead atoms. The second-order valence-corrected chi connectivity index (χ2v) is 8.29. The zero-order valence-corrected chi connectivity index (χ0v) is 20.8. The Balaban J connectivity index is 1.64. The van der Waals surface area contributed by atoms with Gasteiger partial charge in [0.2, 0.25) is 6.79 Å². The summed E-state index contributed by atoms with van der Waals surface area (Å²) in [5.41, 5.74) is 0.801. The fraction of sp³-hybridized carbons (Fsp3) is 0.222. The van der Waals surface area contributed by atoms with Crippen molar-refractivity contribution in [3.05, 3.63) is 81.1 Å². The summed E-state index contributed by atoms with van der Waals surface area (Å²) < 4.78 is 35.1. The first-order valence-corrected chi connectivity index (χ1v) is 11.6. The van der Waals surface area contributed by atoms with E-state index in [0.717, 1.165) is 0 Å². The molecule has 0 fully saturated rings. The number of aromatic nitrogens is 1. The number of ether oxygens (including phenoxy) is 6. The summed E-state index contributed by atoms with van der Waals surface area (Å²) in [7, 11) is 4.43. The van der Waals surface area contributed by atoms with Gasteiger partial charge in [-0.15, -0.1) is 0 Å². The molecule has 3 aromatic carbocycles. The molecule has 1 atom stereocenters. The molecular weight excluding hydrogens is 496 g/mol. The largest absolute Gasteiger partial charge is 0.493 e. The third-order valence-corrected chi connectivity index (χ3v) is 6.23. The molecule has 0 amide bonds. The van der Waals surface area contributed by atoms with E-state index in [1.54, 1.807) is 24.3 Å². The Morgan fingerprint density at radius 1 is 0.974 bits per heavy atom. The molecule has 0 radical (unpaired) electrons. The molecule has 0 N–H and O–H groups in total. The molecular formula is C27H24N2O9. The van der Waals surface area contributed by atoms with Crippen molar-refractivity contribution in [2.45, 2.75) is 6.23 Å². The van der Waals surface area contributed by atoms with E-state index in [4.69, 9.17) is 28.4 Å². The van der Waals surface area contributed by atoms with Crippen LogP contribution in [-0.4, -0.2) is 44.2 Å². The molecule has 1 aliphatic heterocycles. The predicted octanol–water partition coefficient (Wildman–Crippen LogP) is 4.55. The van der Waals surface area contributed by atoms with Crippen LogP contribution in [0.2, 0.25) is 0 Å². The van der Waals surface area contributed by atoms with Crippen LogP contribution >= 0.6 is 0 Å². The van der Waals surface area contributed by atoms with Gasteiger partial charge in [0, 0.05) is 24.8 Å². The minimum absolute atomic E-state index is 0.0578. The van der Waals surface area contributed by atoms with Gasteiger partial charge in [-0.25, -0.2) is 0 Å². The lowest BCUT2D eigenvalue weighted by Crippen LogP contribution is -2.31. The minimum atomic E-state index is -0.876. The lowest BCUT2D eigenvalue weighted by Gasteiger charge is -2.24. The van der Waals surface area contributed by atoms with E-state index in [-0.39, 0.29) is 24.6 Å². The Morgan fingerprint density at radius 3 is 2.42 bits per heavy atom. The summed E-state index contributed by atoms with van der Waals surface area (Å²) in [4.78, 5) is 24.6. The van der Waals surface area contributed by atoms with Crippen LogP contribution in [0.3, 0.4) is 0 Å². The topological polar surface area (TPSA) is 121 Å². The molecule has 0 aliphatic carbocycles. The quantitative estimate of drug-likeness (QED) is 0.231. The monoisotopic (exact) mass is 520 g/mol. The SMILES string of the molecule is COc1ccc2cc(-c3ccc4c(c3)OCO4)n([C@H](COc3ccc([N+](=O)[O-])cc3)OC)c(=O)c2c1OC. The van der Waals surface area contributed by atoms with E-state index in [0.29, 0.717) is 50.8 Å². The van der Waals surface area contributed by atoms with E-state index in [2.05, 4.69) is 0 Å². The maximum absolute atomic E-state index is 14.1. The number of pyridine rings is 1. The molecule has 0 saturated heterocycles. The number of nitro benzene ring substituents is 1. The summed E-state index contributed by atoms with van der Waals surface area (Å²) in [6.45, 7) is 0.0492. The van der Waals surface area contributed by atoms with Crippen molar-refractivity contribution in [3.63, 3.8) is 0 Å². The highest BCUT2D eigenvalue weighted by atomic mass is 16.7. The first kappa shape index (κ1) is 24.9. The number of benzene rings is 3. The number of hydrogen-bond acceptors (Lipinski definition) is 9. The van der Waals surface area contributed by atoms with Gasteiger partial charge in [0.05, 0.1) is 30.2 Å². The molecule has 1 aromatic heterocycles. The first-order chi connectivity index (χ1) is 18.4. The molecule has 38 heavy (non-hydrogen) atoms. The van der Waals surface area contributed by atoms with Crippen molar-refractivity contribution in [1.82, 2.24) is 4.57 Å². The van der Waals surface area contributed by atoms with Crippen LogP contribution in [0.25, 0.3) is 22.0 Å². The Kier molecular flexibility index (Phi) is 6.75. The number of fused-ring (bicyclic) bond motifs is 2. The van der Waals surface area contributed by atoms with Gasteiger partial charge in [0.1, 0.15) is 12.4 Å². The van der Waals surface area contributed by atoms with Gasteiger partial charge in [-0.2, -0.15) is 0 Å². The standard InChI is InChI=1S/C27H24N2O9/c1-33-22-11-5-17-12-20(16-4-10-21-23(13-16)38-15-37-21)28(27(30)25(17)26(22)35-3)24(34-2)14-36-19-8-6-18(7-9-19)29(31)32/h4-13,24H,14-15H2,1-3H3/t24-/m0/s1. The molecule has 196 valence electrons. The third kappa shape index (κ3) is 4.43. The van der Waals surface area contributed by atoms with Crippen LogP contribution in [0.5, 0.6) is 28.7 Å². The van der Waals surface area contributed by atoms with Crippen molar-refractivity contribution in [3.8, 4) is 40.0 Å². The van der Waals surface area contributed by atoms with Crippen LogP contribution in [0.4, 0.5) is 5.69 Å². The maximum atomic E-state index is 14.1. The Labute approximate surface area is 216 Å². The van der Waals surface area contributed by atoms with Crippen LogP contribution in [0.15, 0.2) is 65.5 Å². The molecule has 11 heteroatoms. The summed E-state index contributed by atoms with van der Waals surface area (Å²) in [6, 6.07) is 16.4. The predicted molar refractivity (Wildman–Crippen MR) is 138 cm³/mol. The average Bonchev–Trinajstić information content (AvgIpc) is 3.41. The highest BCUT2D eigenvalue weighted by molar-refractivity contribution is 5.92. The van der Waals surface area contributed by atoms with Gasteiger partial charge in [-0.1, -0.05) is 6.07 Å². The van der Waals surface area contributed by atoms with E-state index in [1.807, 2.05) is 12.1 Å². The van der Waals surface area contributed by atoms with Crippen LogP contribution in [-0.2, 0) is 4.74 Å². The van der Waals surface area contributed by atoms with Crippen LogP contribution in [0, 0.1) is 10.1 Å². The zero-order valence-electron chi connectivity index (χ0n) is 20.8. The summed E-state index contributed by atoms with van der Waals surface area (Å²) in [5, 5.41) is 11.9. The molecule has 11 nitrogen and oxygen atoms in total. The molecule has 0 spiro atoms. The summed E-state index contributed by atoms with van der Waals surface area (Å²) in [5.74, 6) is 2.27. The second kappa shape index (κ2) is 10.3. The highest BCUT2D eigenvalue weighted by Gasteiger charge is 2.24.